The number of para-hydroxylation sites is 2. The highest BCUT2D eigenvalue weighted by atomic mass is 16.5. The average Bonchev–Trinajstić information content (AvgIpc) is 3.23. The molecule has 0 fully saturated rings. The Morgan fingerprint density at radius 3 is 2.56 bits per heavy atom. The van der Waals surface area contributed by atoms with Gasteiger partial charge in [0.25, 0.3) is 0 Å². The third-order valence-electron chi connectivity index (χ3n) is 5.79. The third-order valence-corrected chi connectivity index (χ3v) is 5.79. The van der Waals surface area contributed by atoms with Crippen molar-refractivity contribution in [2.75, 3.05) is 18.5 Å². The molecular weight excluding hydrogens is 430 g/mol. The second-order valence-electron chi connectivity index (χ2n) is 7.86. The van der Waals surface area contributed by atoms with Gasteiger partial charge in [0, 0.05) is 0 Å². The number of anilines is 1. The van der Waals surface area contributed by atoms with Crippen LogP contribution in [0.2, 0.25) is 0 Å². The first-order valence-corrected chi connectivity index (χ1v) is 11.3. The zero-order chi connectivity index (χ0) is 23.7. The van der Waals surface area contributed by atoms with E-state index in [0.717, 1.165) is 22.2 Å². The summed E-state index contributed by atoms with van der Waals surface area (Å²) in [5.41, 5.74) is 4.38. The molecule has 0 radical (unpaired) electrons. The van der Waals surface area contributed by atoms with Crippen LogP contribution in [0.4, 0.5) is 5.95 Å². The summed E-state index contributed by atoms with van der Waals surface area (Å²) in [6.45, 7) is 4.29. The smallest absolute Gasteiger partial charge is 0.338 e. The largest absolute Gasteiger partial charge is 0.504 e. The number of phenolic OH excluding ortho intramolecular Hbond substituents is 1. The van der Waals surface area contributed by atoms with E-state index in [9.17, 15) is 9.90 Å². The molecule has 7 nitrogen and oxygen atoms in total. The molecule has 5 rings (SSSR count). The maximum atomic E-state index is 13.5. The lowest BCUT2D eigenvalue weighted by molar-refractivity contribution is -0.138. The van der Waals surface area contributed by atoms with E-state index in [1.54, 1.807) is 25.1 Å². The molecule has 172 valence electrons. The lowest BCUT2D eigenvalue weighted by atomic mass is 9.92. The van der Waals surface area contributed by atoms with Crippen LogP contribution in [0.25, 0.3) is 16.7 Å². The van der Waals surface area contributed by atoms with Gasteiger partial charge in [0.05, 0.1) is 41.6 Å². The van der Waals surface area contributed by atoms with Crippen LogP contribution in [0.1, 0.15) is 31.0 Å². The van der Waals surface area contributed by atoms with Gasteiger partial charge in [-0.2, -0.15) is 0 Å². The molecule has 0 aliphatic carbocycles. The number of esters is 1. The number of imidazole rings is 1. The van der Waals surface area contributed by atoms with Crippen molar-refractivity contribution < 1.29 is 19.4 Å². The van der Waals surface area contributed by atoms with Crippen molar-refractivity contribution in [2.24, 2.45) is 0 Å². The molecule has 0 amide bonds. The fourth-order valence-corrected chi connectivity index (χ4v) is 4.38. The maximum absolute atomic E-state index is 13.5. The molecule has 4 aromatic rings. The second-order valence-corrected chi connectivity index (χ2v) is 7.86. The Hall–Kier alpha value is -4.26. The van der Waals surface area contributed by atoms with Crippen LogP contribution >= 0.6 is 0 Å². The van der Waals surface area contributed by atoms with Crippen molar-refractivity contribution in [2.45, 2.75) is 19.9 Å². The summed E-state index contributed by atoms with van der Waals surface area (Å²) >= 11 is 0. The molecule has 1 aliphatic rings. The van der Waals surface area contributed by atoms with Gasteiger partial charge in [-0.15, -0.1) is 0 Å². The lowest BCUT2D eigenvalue weighted by Gasteiger charge is -2.31. The van der Waals surface area contributed by atoms with Crippen LogP contribution in [0.5, 0.6) is 11.5 Å². The minimum Gasteiger partial charge on any atom is -0.504 e. The van der Waals surface area contributed by atoms with Gasteiger partial charge >= 0.3 is 5.97 Å². The van der Waals surface area contributed by atoms with Crippen LogP contribution in [0, 0.1) is 0 Å². The molecule has 0 bridgehead atoms. The molecule has 1 aliphatic heterocycles. The van der Waals surface area contributed by atoms with Crippen LogP contribution in [-0.2, 0) is 9.53 Å². The Morgan fingerprint density at radius 1 is 1.03 bits per heavy atom. The summed E-state index contributed by atoms with van der Waals surface area (Å²) in [7, 11) is 0. The molecule has 0 spiro atoms. The fraction of sp³-hybridized carbons (Fsp3) is 0.185. The fourth-order valence-electron chi connectivity index (χ4n) is 4.38. The molecule has 3 aromatic carbocycles. The lowest BCUT2D eigenvalue weighted by Crippen LogP contribution is -2.29. The normalized spacial score (nSPS) is 15.1. The van der Waals surface area contributed by atoms with E-state index in [2.05, 4.69) is 5.32 Å². The van der Waals surface area contributed by atoms with Gasteiger partial charge in [-0.1, -0.05) is 48.5 Å². The van der Waals surface area contributed by atoms with Crippen molar-refractivity contribution in [1.82, 2.24) is 9.55 Å². The molecule has 1 aromatic heterocycles. The number of ether oxygens (including phenoxy) is 2. The zero-order valence-electron chi connectivity index (χ0n) is 19.0. The number of nitrogens with one attached hydrogen (secondary N) is 1. The van der Waals surface area contributed by atoms with E-state index in [-0.39, 0.29) is 12.4 Å². The SMILES string of the molecule is CCOC(=O)C1=C(c2ccccc2)Nc2nc3ccccc3n2C1c1ccc(O)c(OCC)c1. The molecule has 2 N–H and O–H groups in total. The Kier molecular flexibility index (Phi) is 5.67. The van der Waals surface area contributed by atoms with Crippen molar-refractivity contribution >= 4 is 28.6 Å². The molecular formula is C27H25N3O4. The number of fused-ring (bicyclic) bond motifs is 3. The number of aromatic hydroxyl groups is 1. The Morgan fingerprint density at radius 2 is 1.79 bits per heavy atom. The van der Waals surface area contributed by atoms with Crippen molar-refractivity contribution in [3.8, 4) is 11.5 Å². The van der Waals surface area contributed by atoms with Crippen molar-refractivity contribution in [1.29, 1.82) is 0 Å². The quantitative estimate of drug-likeness (QED) is 0.392. The summed E-state index contributed by atoms with van der Waals surface area (Å²) in [5, 5.41) is 13.7. The second kappa shape index (κ2) is 8.94. The van der Waals surface area contributed by atoms with E-state index >= 15 is 0 Å². The first-order valence-electron chi connectivity index (χ1n) is 11.3. The highest BCUT2D eigenvalue weighted by Crippen LogP contribution is 2.43. The Balaban J connectivity index is 1.82. The Bertz CT molecular complexity index is 1390. The van der Waals surface area contributed by atoms with E-state index in [4.69, 9.17) is 14.5 Å². The van der Waals surface area contributed by atoms with Gasteiger partial charge in [-0.25, -0.2) is 9.78 Å². The van der Waals surface area contributed by atoms with E-state index in [0.29, 0.717) is 29.6 Å². The predicted molar refractivity (Wildman–Crippen MR) is 131 cm³/mol. The average molecular weight is 456 g/mol. The number of carbonyl (C=O) groups excluding carboxylic acids is 1. The Labute approximate surface area is 197 Å². The van der Waals surface area contributed by atoms with Crippen LogP contribution in [0.3, 0.4) is 0 Å². The maximum Gasteiger partial charge on any atom is 0.338 e. The number of hydrogen-bond donors (Lipinski definition) is 2. The number of hydrogen-bond acceptors (Lipinski definition) is 6. The standard InChI is InChI=1S/C27H25N3O4/c1-3-33-22-16-18(14-15-21(22)31)25-23(26(32)34-4-2)24(17-10-6-5-7-11-17)29-27-28-19-12-8-9-13-20(19)30(25)27/h5-16,25,31H,3-4H2,1-2H3,(H,28,29). The van der Waals surface area contributed by atoms with Gasteiger partial charge in [0.2, 0.25) is 5.95 Å². The molecule has 7 heteroatoms. The monoisotopic (exact) mass is 455 g/mol. The minimum atomic E-state index is -0.558. The van der Waals surface area contributed by atoms with Gasteiger partial charge in [0.1, 0.15) is 0 Å². The van der Waals surface area contributed by atoms with Gasteiger partial charge in [-0.3, -0.25) is 4.57 Å². The van der Waals surface area contributed by atoms with Gasteiger partial charge in [0.15, 0.2) is 11.5 Å². The summed E-state index contributed by atoms with van der Waals surface area (Å²) in [4.78, 5) is 18.3. The predicted octanol–water partition coefficient (Wildman–Crippen LogP) is 5.13. The van der Waals surface area contributed by atoms with Crippen LogP contribution < -0.4 is 10.1 Å². The van der Waals surface area contributed by atoms with Crippen molar-refractivity contribution in [3.05, 3.63) is 89.5 Å². The molecule has 2 heterocycles. The third kappa shape index (κ3) is 3.65. The topological polar surface area (TPSA) is 85.6 Å². The minimum absolute atomic E-state index is 0.0418. The van der Waals surface area contributed by atoms with Crippen LogP contribution in [-0.4, -0.2) is 33.8 Å². The van der Waals surface area contributed by atoms with Gasteiger partial charge in [-0.05, 0) is 49.2 Å². The molecule has 34 heavy (non-hydrogen) atoms. The number of rotatable bonds is 6. The van der Waals surface area contributed by atoms with E-state index < -0.39 is 12.0 Å². The molecule has 0 saturated carbocycles. The van der Waals surface area contributed by atoms with Crippen molar-refractivity contribution in [3.63, 3.8) is 0 Å². The first-order chi connectivity index (χ1) is 16.6. The molecule has 0 saturated heterocycles. The number of phenols is 1. The molecule has 1 atom stereocenters. The highest BCUT2D eigenvalue weighted by Gasteiger charge is 2.37. The number of nitrogens with zero attached hydrogens (tertiary/aromatic N) is 2. The van der Waals surface area contributed by atoms with Crippen LogP contribution in [0.15, 0.2) is 78.4 Å². The number of aromatic nitrogens is 2. The molecule has 1 unspecified atom stereocenters. The summed E-state index contributed by atoms with van der Waals surface area (Å²) < 4.78 is 13.2. The summed E-state index contributed by atoms with van der Waals surface area (Å²) in [6, 6.07) is 22.1. The summed E-state index contributed by atoms with van der Waals surface area (Å²) in [6.07, 6.45) is 0. The van der Waals surface area contributed by atoms with Gasteiger partial charge < -0.3 is 19.9 Å². The number of benzene rings is 3. The zero-order valence-corrected chi connectivity index (χ0v) is 19.0. The first kappa shape index (κ1) is 21.6. The highest BCUT2D eigenvalue weighted by molar-refractivity contribution is 6.03. The van der Waals surface area contributed by atoms with E-state index in [1.807, 2.05) is 66.1 Å². The number of carbonyl (C=O) groups is 1. The summed E-state index contributed by atoms with van der Waals surface area (Å²) in [5.74, 6) is 0.589. The van der Waals surface area contributed by atoms with E-state index in [1.165, 1.54) is 0 Å².